The maximum absolute atomic E-state index is 12.8. The Morgan fingerprint density at radius 3 is 2.38 bits per heavy atom. The lowest BCUT2D eigenvalue weighted by Crippen LogP contribution is -2.22. The van der Waals surface area contributed by atoms with Crippen molar-refractivity contribution in [1.82, 2.24) is 5.32 Å². The second-order valence-electron chi connectivity index (χ2n) is 3.37. The van der Waals surface area contributed by atoms with Gasteiger partial charge in [-0.3, -0.25) is 4.79 Å². The third-order valence-electron chi connectivity index (χ3n) is 2.09. The normalized spacial score (nSPS) is 10.5. The molecule has 0 saturated heterocycles. The Kier molecular flexibility index (Phi) is 4.49. The standard InChI is InChI=1S/C11H12F3NO.H2/c1-2-8(16)6-15-5-7-3-9(12)11(14)10(13)4-7;/h3-4,15H,2,5-6H2,1H3;1H. The number of ketones is 1. The zero-order chi connectivity index (χ0) is 12.1. The van der Waals surface area contributed by atoms with E-state index in [1.165, 1.54) is 0 Å². The van der Waals surface area contributed by atoms with Gasteiger partial charge in [0.05, 0.1) is 6.54 Å². The van der Waals surface area contributed by atoms with Crippen LogP contribution in [0.1, 0.15) is 20.3 Å². The monoisotopic (exact) mass is 233 g/mol. The van der Waals surface area contributed by atoms with Crippen LogP contribution in [0.15, 0.2) is 12.1 Å². The van der Waals surface area contributed by atoms with Crippen molar-refractivity contribution in [3.8, 4) is 0 Å². The van der Waals surface area contributed by atoms with Gasteiger partial charge in [0.25, 0.3) is 0 Å². The summed E-state index contributed by atoms with van der Waals surface area (Å²) in [5.41, 5.74) is 0.264. The smallest absolute Gasteiger partial charge is 0.194 e. The molecule has 0 amide bonds. The lowest BCUT2D eigenvalue weighted by molar-refractivity contribution is -0.117. The molecule has 0 bridgehead atoms. The van der Waals surface area contributed by atoms with Crippen molar-refractivity contribution in [2.45, 2.75) is 19.9 Å². The molecule has 0 atom stereocenters. The van der Waals surface area contributed by atoms with Crippen molar-refractivity contribution < 1.29 is 19.4 Å². The summed E-state index contributed by atoms with van der Waals surface area (Å²) in [6.45, 7) is 1.98. The van der Waals surface area contributed by atoms with Crippen LogP contribution in [0.3, 0.4) is 0 Å². The van der Waals surface area contributed by atoms with Crippen LogP contribution < -0.4 is 5.32 Å². The van der Waals surface area contributed by atoms with E-state index < -0.39 is 17.5 Å². The molecule has 0 radical (unpaired) electrons. The predicted molar refractivity (Wildman–Crippen MR) is 55.4 cm³/mol. The zero-order valence-corrected chi connectivity index (χ0v) is 8.82. The Hall–Kier alpha value is -1.36. The largest absolute Gasteiger partial charge is 0.306 e. The van der Waals surface area contributed by atoms with Crippen LogP contribution in [0.2, 0.25) is 0 Å². The highest BCUT2D eigenvalue weighted by Crippen LogP contribution is 2.13. The number of benzene rings is 1. The molecule has 0 aromatic heterocycles. The molecule has 0 aliphatic heterocycles. The average Bonchev–Trinajstić information content (AvgIpc) is 2.25. The summed E-state index contributed by atoms with van der Waals surface area (Å²) in [4.78, 5) is 10.9. The minimum Gasteiger partial charge on any atom is -0.306 e. The predicted octanol–water partition coefficient (Wildman–Crippen LogP) is 2.42. The van der Waals surface area contributed by atoms with E-state index in [0.29, 0.717) is 6.42 Å². The van der Waals surface area contributed by atoms with Crippen LogP contribution in [0, 0.1) is 17.5 Å². The number of Topliss-reactive ketones (excluding diaryl/α,β-unsaturated/α-hetero) is 1. The van der Waals surface area contributed by atoms with Crippen molar-refractivity contribution in [2.24, 2.45) is 0 Å². The maximum atomic E-state index is 12.8. The Labute approximate surface area is 92.9 Å². The SMILES string of the molecule is CCC(=O)CNCc1cc(F)c(F)c(F)c1.[HH]. The van der Waals surface area contributed by atoms with Crippen molar-refractivity contribution >= 4 is 5.78 Å². The first-order chi connectivity index (χ1) is 7.54. The molecule has 0 aliphatic rings. The van der Waals surface area contributed by atoms with Crippen molar-refractivity contribution in [2.75, 3.05) is 6.54 Å². The fourth-order valence-electron chi connectivity index (χ4n) is 1.18. The molecule has 0 aliphatic carbocycles. The van der Waals surface area contributed by atoms with Crippen LogP contribution in [0.25, 0.3) is 0 Å². The summed E-state index contributed by atoms with van der Waals surface area (Å²) in [7, 11) is 0. The van der Waals surface area contributed by atoms with E-state index in [1.807, 2.05) is 0 Å². The summed E-state index contributed by atoms with van der Waals surface area (Å²) in [5.74, 6) is -3.92. The van der Waals surface area contributed by atoms with Crippen molar-refractivity contribution in [3.05, 3.63) is 35.1 Å². The highest BCUT2D eigenvalue weighted by Gasteiger charge is 2.10. The number of nitrogens with one attached hydrogen (secondary N) is 1. The highest BCUT2D eigenvalue weighted by atomic mass is 19.2. The van der Waals surface area contributed by atoms with Gasteiger partial charge in [-0.05, 0) is 17.7 Å². The molecule has 0 spiro atoms. The molecule has 1 aromatic carbocycles. The van der Waals surface area contributed by atoms with E-state index in [0.717, 1.165) is 12.1 Å². The Balaban J connectivity index is 0.00000256. The Morgan fingerprint density at radius 2 is 1.88 bits per heavy atom. The Morgan fingerprint density at radius 1 is 1.31 bits per heavy atom. The molecule has 16 heavy (non-hydrogen) atoms. The Bertz CT molecular complexity index is 375. The summed E-state index contributed by atoms with van der Waals surface area (Å²) in [5, 5.41) is 2.72. The quantitative estimate of drug-likeness (QED) is 0.791. The first-order valence-corrected chi connectivity index (χ1v) is 4.90. The van der Waals surface area contributed by atoms with E-state index in [1.54, 1.807) is 6.92 Å². The van der Waals surface area contributed by atoms with Gasteiger partial charge in [-0.2, -0.15) is 0 Å². The van der Waals surface area contributed by atoms with E-state index in [2.05, 4.69) is 5.32 Å². The maximum Gasteiger partial charge on any atom is 0.194 e. The highest BCUT2D eigenvalue weighted by molar-refractivity contribution is 5.80. The third kappa shape index (κ3) is 3.34. The topological polar surface area (TPSA) is 29.1 Å². The average molecular weight is 233 g/mol. The second kappa shape index (κ2) is 5.65. The third-order valence-corrected chi connectivity index (χ3v) is 2.09. The van der Waals surface area contributed by atoms with Crippen LogP contribution in [0.5, 0.6) is 0 Å². The van der Waals surface area contributed by atoms with E-state index in [-0.39, 0.29) is 25.9 Å². The van der Waals surface area contributed by atoms with Gasteiger partial charge in [0.15, 0.2) is 17.5 Å². The molecule has 1 N–H and O–H groups in total. The number of halogens is 3. The number of hydrogen-bond donors (Lipinski definition) is 1. The fraction of sp³-hybridized carbons (Fsp3) is 0.364. The summed E-state index contributed by atoms with van der Waals surface area (Å²) < 4.78 is 38.2. The molecule has 5 heteroatoms. The van der Waals surface area contributed by atoms with Gasteiger partial charge in [-0.1, -0.05) is 6.92 Å². The summed E-state index contributed by atoms with van der Waals surface area (Å²) in [6.07, 6.45) is 0.402. The lowest BCUT2D eigenvalue weighted by atomic mass is 10.2. The van der Waals surface area contributed by atoms with Gasteiger partial charge in [0.1, 0.15) is 5.78 Å². The van der Waals surface area contributed by atoms with Crippen molar-refractivity contribution in [1.29, 1.82) is 0 Å². The first-order valence-electron chi connectivity index (χ1n) is 4.90. The van der Waals surface area contributed by atoms with E-state index >= 15 is 0 Å². The van der Waals surface area contributed by atoms with Crippen molar-refractivity contribution in [3.63, 3.8) is 0 Å². The summed E-state index contributed by atoms with van der Waals surface area (Å²) >= 11 is 0. The molecule has 0 heterocycles. The van der Waals surface area contributed by atoms with Gasteiger partial charge < -0.3 is 5.32 Å². The molecule has 0 fully saturated rings. The van der Waals surface area contributed by atoms with Gasteiger partial charge >= 0.3 is 0 Å². The van der Waals surface area contributed by atoms with Gasteiger partial charge in [-0.15, -0.1) is 0 Å². The van der Waals surface area contributed by atoms with Gasteiger partial charge in [0.2, 0.25) is 0 Å². The van der Waals surface area contributed by atoms with E-state index in [4.69, 9.17) is 0 Å². The fourth-order valence-corrected chi connectivity index (χ4v) is 1.18. The van der Waals surface area contributed by atoms with Crippen LogP contribution in [-0.4, -0.2) is 12.3 Å². The number of carbonyl (C=O) groups is 1. The van der Waals surface area contributed by atoms with Crippen LogP contribution >= 0.6 is 0 Å². The first kappa shape index (κ1) is 12.7. The molecule has 1 aromatic rings. The van der Waals surface area contributed by atoms with Crippen LogP contribution in [0.4, 0.5) is 13.2 Å². The second-order valence-corrected chi connectivity index (χ2v) is 3.37. The van der Waals surface area contributed by atoms with Gasteiger partial charge in [-0.25, -0.2) is 13.2 Å². The lowest BCUT2D eigenvalue weighted by Gasteiger charge is -2.04. The zero-order valence-electron chi connectivity index (χ0n) is 8.82. The molecular formula is C11H14F3NO. The number of carbonyl (C=O) groups excluding carboxylic acids is 1. The minimum absolute atomic E-state index is 0. The van der Waals surface area contributed by atoms with Crippen LogP contribution in [-0.2, 0) is 11.3 Å². The number of hydrogen-bond acceptors (Lipinski definition) is 2. The molecule has 0 unspecified atom stereocenters. The molecule has 0 saturated carbocycles. The molecule has 1 rings (SSSR count). The minimum atomic E-state index is -1.48. The molecule has 2 nitrogen and oxygen atoms in total. The summed E-state index contributed by atoms with van der Waals surface area (Å²) in [6, 6.07) is 1.81. The number of rotatable bonds is 5. The molecular weight excluding hydrogens is 219 g/mol. The molecule has 90 valence electrons. The van der Waals surface area contributed by atoms with Gasteiger partial charge in [0, 0.05) is 14.4 Å². The van der Waals surface area contributed by atoms with E-state index in [9.17, 15) is 18.0 Å².